The second-order valence-corrected chi connectivity index (χ2v) is 7.42. The summed E-state index contributed by atoms with van der Waals surface area (Å²) in [6, 6.07) is 12.3. The summed E-state index contributed by atoms with van der Waals surface area (Å²) in [4.78, 5) is 17.4. The molecule has 0 spiro atoms. The highest BCUT2D eigenvalue weighted by Gasteiger charge is 2.34. The molecule has 0 radical (unpaired) electrons. The van der Waals surface area contributed by atoms with E-state index in [1.54, 1.807) is 22.9 Å². The molecule has 6 nitrogen and oxygen atoms in total. The fourth-order valence-electron chi connectivity index (χ4n) is 3.23. The van der Waals surface area contributed by atoms with Crippen LogP contribution >= 0.6 is 23.2 Å². The summed E-state index contributed by atoms with van der Waals surface area (Å²) in [7, 11) is 0. The zero-order valence-corrected chi connectivity index (χ0v) is 16.7. The van der Waals surface area contributed by atoms with Crippen LogP contribution in [0.4, 0.5) is 11.6 Å². The molecule has 3 aromatic rings. The lowest BCUT2D eigenvalue weighted by Crippen LogP contribution is -2.31. The quantitative estimate of drug-likeness (QED) is 0.645. The number of aryl methyl sites for hydroxylation is 1. The summed E-state index contributed by atoms with van der Waals surface area (Å²) in [5.41, 5.74) is 3.73. The SMILES string of the molecule is CC1=C(C(=O)Nc2ccc(C)cc2)C(c2ccc(Cl)cc2Cl)n2ncnc2N1. The molecule has 1 atom stereocenters. The summed E-state index contributed by atoms with van der Waals surface area (Å²) in [5.74, 6) is 0.298. The Morgan fingerprint density at radius 1 is 1.14 bits per heavy atom. The predicted octanol–water partition coefficient (Wildman–Crippen LogP) is 4.82. The van der Waals surface area contributed by atoms with E-state index < -0.39 is 6.04 Å². The maximum atomic E-state index is 13.2. The first-order valence-electron chi connectivity index (χ1n) is 8.64. The Morgan fingerprint density at radius 3 is 2.61 bits per heavy atom. The summed E-state index contributed by atoms with van der Waals surface area (Å²) >= 11 is 12.5. The maximum absolute atomic E-state index is 13.2. The first kappa shape index (κ1) is 18.5. The van der Waals surface area contributed by atoms with Crippen LogP contribution in [0.25, 0.3) is 0 Å². The molecule has 2 aromatic carbocycles. The predicted molar refractivity (Wildman–Crippen MR) is 111 cm³/mol. The van der Waals surface area contributed by atoms with Crippen LogP contribution in [0.15, 0.2) is 60.1 Å². The lowest BCUT2D eigenvalue weighted by atomic mass is 9.95. The van der Waals surface area contributed by atoms with Gasteiger partial charge in [0.2, 0.25) is 5.95 Å². The van der Waals surface area contributed by atoms with Crippen molar-refractivity contribution < 1.29 is 4.79 Å². The highest BCUT2D eigenvalue weighted by atomic mass is 35.5. The highest BCUT2D eigenvalue weighted by molar-refractivity contribution is 6.35. The largest absolute Gasteiger partial charge is 0.328 e. The van der Waals surface area contributed by atoms with Crippen molar-refractivity contribution in [2.45, 2.75) is 19.9 Å². The number of aromatic nitrogens is 3. The zero-order valence-electron chi connectivity index (χ0n) is 15.2. The van der Waals surface area contributed by atoms with E-state index in [-0.39, 0.29) is 5.91 Å². The van der Waals surface area contributed by atoms with E-state index in [0.29, 0.717) is 38.5 Å². The van der Waals surface area contributed by atoms with Crippen molar-refractivity contribution in [2.24, 2.45) is 0 Å². The minimum atomic E-state index is -0.533. The van der Waals surface area contributed by atoms with E-state index in [1.165, 1.54) is 6.33 Å². The van der Waals surface area contributed by atoms with Crippen molar-refractivity contribution in [3.63, 3.8) is 0 Å². The number of carbonyl (C=O) groups excluding carboxylic acids is 1. The fourth-order valence-corrected chi connectivity index (χ4v) is 3.74. The second kappa shape index (κ2) is 7.30. The molecule has 2 heterocycles. The number of fused-ring (bicyclic) bond motifs is 1. The summed E-state index contributed by atoms with van der Waals surface area (Å²) in [5, 5.41) is 11.4. The number of halogens is 2. The van der Waals surface area contributed by atoms with E-state index >= 15 is 0 Å². The van der Waals surface area contributed by atoms with Crippen LogP contribution < -0.4 is 10.6 Å². The second-order valence-electron chi connectivity index (χ2n) is 6.58. The van der Waals surface area contributed by atoms with E-state index in [0.717, 1.165) is 5.56 Å². The Hall–Kier alpha value is -2.83. The zero-order chi connectivity index (χ0) is 19.8. The molecule has 142 valence electrons. The number of anilines is 2. The van der Waals surface area contributed by atoms with Crippen molar-refractivity contribution in [1.29, 1.82) is 0 Å². The van der Waals surface area contributed by atoms with Crippen LogP contribution in [0, 0.1) is 6.92 Å². The summed E-state index contributed by atoms with van der Waals surface area (Å²) in [6.07, 6.45) is 1.44. The molecule has 8 heteroatoms. The van der Waals surface area contributed by atoms with Crippen molar-refractivity contribution in [1.82, 2.24) is 14.8 Å². The lowest BCUT2D eigenvalue weighted by molar-refractivity contribution is -0.113. The van der Waals surface area contributed by atoms with Gasteiger partial charge in [0.1, 0.15) is 12.4 Å². The summed E-state index contributed by atoms with van der Waals surface area (Å²) < 4.78 is 1.65. The third-order valence-corrected chi connectivity index (χ3v) is 5.17. The molecule has 2 N–H and O–H groups in total. The van der Waals surface area contributed by atoms with Gasteiger partial charge in [-0.05, 0) is 38.1 Å². The van der Waals surface area contributed by atoms with Crippen LogP contribution in [0.5, 0.6) is 0 Å². The minimum absolute atomic E-state index is 0.244. The number of amides is 1. The lowest BCUT2D eigenvalue weighted by Gasteiger charge is -2.29. The molecule has 28 heavy (non-hydrogen) atoms. The number of carbonyl (C=O) groups is 1. The van der Waals surface area contributed by atoms with Gasteiger partial charge < -0.3 is 10.6 Å². The van der Waals surface area contributed by atoms with Gasteiger partial charge in [-0.3, -0.25) is 4.79 Å². The molecule has 1 amide bonds. The standard InChI is InChI=1S/C20H17Cl2N5O/c1-11-3-6-14(7-4-11)26-19(28)17-12(2)25-20-23-10-24-27(20)18(17)15-8-5-13(21)9-16(15)22/h3-10,18H,1-2H3,(H,26,28)(H,23,24,25). The van der Waals surface area contributed by atoms with Gasteiger partial charge in [0.05, 0.1) is 5.57 Å². The van der Waals surface area contributed by atoms with Gasteiger partial charge in [-0.1, -0.05) is 47.0 Å². The fraction of sp³-hybridized carbons (Fsp3) is 0.150. The molecule has 0 saturated carbocycles. The third kappa shape index (κ3) is 3.37. The molecule has 0 bridgehead atoms. The average molecular weight is 414 g/mol. The number of benzene rings is 2. The molecule has 1 aliphatic heterocycles. The first-order chi connectivity index (χ1) is 13.4. The van der Waals surface area contributed by atoms with Crippen molar-refractivity contribution in [3.8, 4) is 0 Å². The topological polar surface area (TPSA) is 71.8 Å². The molecule has 1 unspecified atom stereocenters. The van der Waals surface area contributed by atoms with Crippen LogP contribution in [-0.4, -0.2) is 20.7 Å². The Morgan fingerprint density at radius 2 is 1.89 bits per heavy atom. The van der Waals surface area contributed by atoms with Gasteiger partial charge in [-0.15, -0.1) is 0 Å². The van der Waals surface area contributed by atoms with Gasteiger partial charge in [0, 0.05) is 27.0 Å². The van der Waals surface area contributed by atoms with E-state index in [2.05, 4.69) is 20.7 Å². The van der Waals surface area contributed by atoms with Crippen LogP contribution in [0.3, 0.4) is 0 Å². The Kier molecular flexibility index (Phi) is 4.83. The number of nitrogens with one attached hydrogen (secondary N) is 2. The average Bonchev–Trinajstić information content (AvgIpc) is 3.11. The van der Waals surface area contributed by atoms with E-state index in [1.807, 2.05) is 38.1 Å². The molecule has 1 aliphatic rings. The Balaban J connectivity index is 1.78. The van der Waals surface area contributed by atoms with Gasteiger partial charge in [0.15, 0.2) is 0 Å². The monoisotopic (exact) mass is 413 g/mol. The van der Waals surface area contributed by atoms with Crippen LogP contribution in [0.1, 0.15) is 24.1 Å². The molecular formula is C20H17Cl2N5O. The molecule has 0 aliphatic carbocycles. The van der Waals surface area contributed by atoms with Gasteiger partial charge in [-0.2, -0.15) is 10.1 Å². The van der Waals surface area contributed by atoms with Gasteiger partial charge in [-0.25, -0.2) is 4.68 Å². The molecule has 0 saturated heterocycles. The molecular weight excluding hydrogens is 397 g/mol. The first-order valence-corrected chi connectivity index (χ1v) is 9.40. The smallest absolute Gasteiger partial charge is 0.255 e. The number of nitrogens with zero attached hydrogens (tertiary/aromatic N) is 3. The molecule has 0 fully saturated rings. The highest BCUT2D eigenvalue weighted by Crippen LogP contribution is 2.38. The van der Waals surface area contributed by atoms with Crippen LogP contribution in [0.2, 0.25) is 10.0 Å². The van der Waals surface area contributed by atoms with Crippen molar-refractivity contribution in [2.75, 3.05) is 10.6 Å². The number of hydrogen-bond acceptors (Lipinski definition) is 4. The number of hydrogen-bond donors (Lipinski definition) is 2. The normalized spacial score (nSPS) is 15.8. The van der Waals surface area contributed by atoms with Gasteiger partial charge >= 0.3 is 0 Å². The Bertz CT molecular complexity index is 1090. The van der Waals surface area contributed by atoms with Crippen molar-refractivity contribution in [3.05, 3.63) is 81.2 Å². The van der Waals surface area contributed by atoms with E-state index in [9.17, 15) is 4.79 Å². The Labute approximate surface area is 172 Å². The molecule has 1 aromatic heterocycles. The third-order valence-electron chi connectivity index (χ3n) is 4.61. The van der Waals surface area contributed by atoms with Crippen LogP contribution in [-0.2, 0) is 4.79 Å². The number of allylic oxidation sites excluding steroid dienone is 1. The maximum Gasteiger partial charge on any atom is 0.255 e. The minimum Gasteiger partial charge on any atom is -0.328 e. The van der Waals surface area contributed by atoms with Crippen molar-refractivity contribution >= 4 is 40.7 Å². The molecule has 4 rings (SSSR count). The summed E-state index contributed by atoms with van der Waals surface area (Å²) in [6.45, 7) is 3.83. The van der Waals surface area contributed by atoms with Gasteiger partial charge in [0.25, 0.3) is 5.91 Å². The number of rotatable bonds is 3. The van der Waals surface area contributed by atoms with E-state index in [4.69, 9.17) is 23.2 Å².